The van der Waals surface area contributed by atoms with E-state index in [1.807, 2.05) is 0 Å². The number of amides is 2. The third kappa shape index (κ3) is 5.37. The molecule has 0 aliphatic rings. The zero-order chi connectivity index (χ0) is 14.5. The van der Waals surface area contributed by atoms with E-state index in [0.717, 1.165) is 0 Å². The number of nitrogens with one attached hydrogen (secondary N) is 2. The highest BCUT2D eigenvalue weighted by Crippen LogP contribution is 2.12. The summed E-state index contributed by atoms with van der Waals surface area (Å²) in [5.41, 5.74) is 3.93. The van der Waals surface area contributed by atoms with Crippen LogP contribution >= 0.6 is 0 Å². The second-order valence-electron chi connectivity index (χ2n) is 4.99. The van der Waals surface area contributed by atoms with Crippen LogP contribution in [0, 0.1) is 11.2 Å². The second-order valence-corrected chi connectivity index (χ2v) is 4.99. The SMILES string of the molecule is CC(C)(C)C(=O)NNC(=O)COc1ccc(F)cc1. The van der Waals surface area contributed by atoms with Crippen molar-refractivity contribution in [2.24, 2.45) is 5.41 Å². The van der Waals surface area contributed by atoms with Gasteiger partial charge in [-0.1, -0.05) is 20.8 Å². The molecule has 0 unspecified atom stereocenters. The predicted octanol–water partition coefficient (Wildman–Crippen LogP) is 1.40. The van der Waals surface area contributed by atoms with Gasteiger partial charge >= 0.3 is 0 Å². The van der Waals surface area contributed by atoms with Gasteiger partial charge in [-0.2, -0.15) is 0 Å². The van der Waals surface area contributed by atoms with E-state index in [-0.39, 0.29) is 18.3 Å². The predicted molar refractivity (Wildman–Crippen MR) is 67.6 cm³/mol. The second kappa shape index (κ2) is 6.17. The zero-order valence-electron chi connectivity index (χ0n) is 11.1. The minimum absolute atomic E-state index is 0.268. The summed E-state index contributed by atoms with van der Waals surface area (Å²) in [4.78, 5) is 22.9. The average Bonchev–Trinajstić information content (AvgIpc) is 2.34. The molecule has 19 heavy (non-hydrogen) atoms. The molecule has 1 rings (SSSR count). The molecule has 0 aliphatic heterocycles. The molecule has 0 fully saturated rings. The van der Waals surface area contributed by atoms with E-state index in [0.29, 0.717) is 5.75 Å². The van der Waals surface area contributed by atoms with E-state index < -0.39 is 11.3 Å². The maximum absolute atomic E-state index is 12.6. The lowest BCUT2D eigenvalue weighted by Crippen LogP contribution is -2.48. The van der Waals surface area contributed by atoms with Crippen molar-refractivity contribution < 1.29 is 18.7 Å². The third-order valence-corrected chi connectivity index (χ3v) is 2.18. The van der Waals surface area contributed by atoms with Gasteiger partial charge in [-0.05, 0) is 24.3 Å². The highest BCUT2D eigenvalue weighted by molar-refractivity contribution is 5.85. The van der Waals surface area contributed by atoms with E-state index >= 15 is 0 Å². The van der Waals surface area contributed by atoms with Crippen LogP contribution in [0.5, 0.6) is 5.75 Å². The van der Waals surface area contributed by atoms with Crippen LogP contribution in [0.1, 0.15) is 20.8 Å². The molecule has 1 aromatic carbocycles. The summed E-state index contributed by atoms with van der Waals surface area (Å²) >= 11 is 0. The number of hydrogen-bond donors (Lipinski definition) is 2. The standard InChI is InChI=1S/C13H17FN2O3/c1-13(2,3)12(18)16-15-11(17)8-19-10-6-4-9(14)5-7-10/h4-7H,8H2,1-3H3,(H,15,17)(H,16,18). The first-order valence-corrected chi connectivity index (χ1v) is 5.76. The Kier molecular flexibility index (Phi) is 4.86. The number of hydrogen-bond acceptors (Lipinski definition) is 3. The summed E-state index contributed by atoms with van der Waals surface area (Å²) in [6, 6.07) is 5.29. The number of rotatable bonds is 3. The van der Waals surface area contributed by atoms with Crippen molar-refractivity contribution >= 4 is 11.8 Å². The Morgan fingerprint density at radius 1 is 1.16 bits per heavy atom. The summed E-state index contributed by atoms with van der Waals surface area (Å²) in [6.07, 6.45) is 0. The Morgan fingerprint density at radius 2 is 1.74 bits per heavy atom. The molecule has 0 spiro atoms. The summed E-state index contributed by atoms with van der Waals surface area (Å²) in [7, 11) is 0. The molecule has 104 valence electrons. The van der Waals surface area contributed by atoms with Crippen LogP contribution in [0.2, 0.25) is 0 Å². The molecular weight excluding hydrogens is 251 g/mol. The fraction of sp³-hybridized carbons (Fsp3) is 0.385. The molecule has 2 N–H and O–H groups in total. The number of ether oxygens (including phenoxy) is 1. The van der Waals surface area contributed by atoms with Crippen molar-refractivity contribution in [3.8, 4) is 5.75 Å². The van der Waals surface area contributed by atoms with Crippen LogP contribution in [-0.2, 0) is 9.59 Å². The molecule has 2 amide bonds. The van der Waals surface area contributed by atoms with E-state index in [4.69, 9.17) is 4.74 Å². The fourth-order valence-electron chi connectivity index (χ4n) is 1.03. The van der Waals surface area contributed by atoms with Crippen LogP contribution in [0.15, 0.2) is 24.3 Å². The lowest BCUT2D eigenvalue weighted by Gasteiger charge is -2.17. The first-order valence-electron chi connectivity index (χ1n) is 5.76. The minimum Gasteiger partial charge on any atom is -0.484 e. The van der Waals surface area contributed by atoms with Gasteiger partial charge in [-0.25, -0.2) is 4.39 Å². The van der Waals surface area contributed by atoms with Crippen molar-refractivity contribution in [2.45, 2.75) is 20.8 Å². The Morgan fingerprint density at radius 3 is 2.26 bits per heavy atom. The van der Waals surface area contributed by atoms with Crippen LogP contribution in [0.25, 0.3) is 0 Å². The first-order chi connectivity index (χ1) is 8.79. The molecule has 0 bridgehead atoms. The first kappa shape index (κ1) is 14.9. The van der Waals surface area contributed by atoms with Gasteiger partial charge in [0.15, 0.2) is 6.61 Å². The van der Waals surface area contributed by atoms with Crippen molar-refractivity contribution in [3.05, 3.63) is 30.1 Å². The summed E-state index contributed by atoms with van der Waals surface area (Å²) in [5.74, 6) is -0.808. The molecule has 5 nitrogen and oxygen atoms in total. The molecule has 1 aromatic rings. The third-order valence-electron chi connectivity index (χ3n) is 2.18. The summed E-state index contributed by atoms with van der Waals surface area (Å²) in [6.45, 7) is 4.91. The van der Waals surface area contributed by atoms with Crippen LogP contribution in [0.4, 0.5) is 4.39 Å². The molecule has 0 aromatic heterocycles. The maximum Gasteiger partial charge on any atom is 0.276 e. The van der Waals surface area contributed by atoms with Crippen LogP contribution in [0.3, 0.4) is 0 Å². The number of halogens is 1. The van der Waals surface area contributed by atoms with E-state index in [1.165, 1.54) is 24.3 Å². The average molecular weight is 268 g/mol. The lowest BCUT2D eigenvalue weighted by molar-refractivity contribution is -0.134. The topological polar surface area (TPSA) is 67.4 Å². The van der Waals surface area contributed by atoms with Gasteiger partial charge < -0.3 is 4.74 Å². The number of carbonyl (C=O) groups is 2. The molecule has 0 saturated heterocycles. The Balaban J connectivity index is 2.32. The lowest BCUT2D eigenvalue weighted by atomic mass is 9.96. The van der Waals surface area contributed by atoms with Gasteiger partial charge in [-0.15, -0.1) is 0 Å². The van der Waals surface area contributed by atoms with Gasteiger partial charge in [0.25, 0.3) is 5.91 Å². The molecule has 0 heterocycles. The van der Waals surface area contributed by atoms with E-state index in [1.54, 1.807) is 20.8 Å². The Labute approximate surface area is 111 Å². The van der Waals surface area contributed by atoms with E-state index in [2.05, 4.69) is 10.9 Å². The van der Waals surface area contributed by atoms with Gasteiger partial charge in [0.2, 0.25) is 5.91 Å². The number of hydrazine groups is 1. The summed E-state index contributed by atoms with van der Waals surface area (Å²) < 4.78 is 17.7. The molecule has 0 saturated carbocycles. The molecular formula is C13H17FN2O3. The van der Waals surface area contributed by atoms with Crippen molar-refractivity contribution in [1.29, 1.82) is 0 Å². The summed E-state index contributed by atoms with van der Waals surface area (Å²) in [5, 5.41) is 0. The molecule has 0 atom stereocenters. The quantitative estimate of drug-likeness (QED) is 0.814. The van der Waals surface area contributed by atoms with Gasteiger partial charge in [0.05, 0.1) is 0 Å². The smallest absolute Gasteiger partial charge is 0.276 e. The van der Waals surface area contributed by atoms with Crippen molar-refractivity contribution in [1.82, 2.24) is 10.9 Å². The maximum atomic E-state index is 12.6. The minimum atomic E-state index is -0.592. The number of carbonyl (C=O) groups excluding carboxylic acids is 2. The van der Waals surface area contributed by atoms with Crippen molar-refractivity contribution in [2.75, 3.05) is 6.61 Å². The zero-order valence-corrected chi connectivity index (χ0v) is 11.1. The highest BCUT2D eigenvalue weighted by Gasteiger charge is 2.21. The van der Waals surface area contributed by atoms with Crippen molar-refractivity contribution in [3.63, 3.8) is 0 Å². The highest BCUT2D eigenvalue weighted by atomic mass is 19.1. The van der Waals surface area contributed by atoms with Gasteiger partial charge in [0, 0.05) is 5.41 Å². The Hall–Kier alpha value is -2.11. The van der Waals surface area contributed by atoms with Gasteiger partial charge in [-0.3, -0.25) is 20.4 Å². The van der Waals surface area contributed by atoms with Crippen LogP contribution < -0.4 is 15.6 Å². The fourth-order valence-corrected chi connectivity index (χ4v) is 1.03. The normalized spacial score (nSPS) is 10.7. The van der Waals surface area contributed by atoms with E-state index in [9.17, 15) is 14.0 Å². The molecule has 6 heteroatoms. The number of benzene rings is 1. The van der Waals surface area contributed by atoms with Crippen LogP contribution in [-0.4, -0.2) is 18.4 Å². The van der Waals surface area contributed by atoms with Gasteiger partial charge in [0.1, 0.15) is 11.6 Å². The Bertz CT molecular complexity index is 452. The molecule has 0 radical (unpaired) electrons. The largest absolute Gasteiger partial charge is 0.484 e. The monoisotopic (exact) mass is 268 g/mol. The molecule has 0 aliphatic carbocycles.